The highest BCUT2D eigenvalue weighted by Crippen LogP contribution is 2.29. The minimum atomic E-state index is -1.01. The molecule has 0 bridgehead atoms. The third-order valence-corrected chi connectivity index (χ3v) is 4.04. The van der Waals surface area contributed by atoms with E-state index in [1.54, 1.807) is 54.8 Å². The van der Waals surface area contributed by atoms with Crippen LogP contribution < -0.4 is 0 Å². The number of nitro groups is 1. The Labute approximate surface area is 146 Å². The Morgan fingerprint density at radius 3 is 2.33 bits per heavy atom. The summed E-state index contributed by atoms with van der Waals surface area (Å²) in [7, 11) is 0. The summed E-state index contributed by atoms with van der Waals surface area (Å²) in [5.41, 5.74) is -0.0929. The van der Waals surface area contributed by atoms with Crippen LogP contribution in [0.1, 0.15) is 32.5 Å². The van der Waals surface area contributed by atoms with Crippen molar-refractivity contribution in [3.8, 4) is 0 Å². The largest absolute Gasteiger partial charge is 0.444 e. The molecule has 7 nitrogen and oxygen atoms in total. The topological polar surface area (TPSA) is 75.9 Å². The zero-order valence-electron chi connectivity index (χ0n) is 14.1. The van der Waals surface area contributed by atoms with Crippen LogP contribution >= 0.6 is 11.6 Å². The van der Waals surface area contributed by atoms with Crippen LogP contribution in [0.4, 0.5) is 4.79 Å². The standard InChI is InChI=1S/C16H22ClN3O4/c1-16(2,3)24-15(21)19-10-8-18(9-11-19)14(20(22)23)12-6-4-5-7-13(12)17/h4-7,14H,8-11H2,1-3H3. The van der Waals surface area contributed by atoms with Gasteiger partial charge in [0, 0.05) is 31.1 Å². The smallest absolute Gasteiger partial charge is 0.410 e. The van der Waals surface area contributed by atoms with Crippen LogP contribution in [-0.2, 0) is 4.74 Å². The monoisotopic (exact) mass is 355 g/mol. The molecule has 1 amide bonds. The molecule has 1 aliphatic heterocycles. The molecule has 24 heavy (non-hydrogen) atoms. The molecule has 0 spiro atoms. The van der Waals surface area contributed by atoms with Crippen LogP contribution in [0.2, 0.25) is 5.02 Å². The number of piperazine rings is 1. The normalized spacial score (nSPS) is 17.4. The number of carbonyl (C=O) groups excluding carboxylic acids is 1. The first kappa shape index (κ1) is 18.5. The number of ether oxygens (including phenoxy) is 1. The first-order valence-corrected chi connectivity index (χ1v) is 8.17. The molecule has 1 fully saturated rings. The van der Waals surface area contributed by atoms with Crippen molar-refractivity contribution in [2.75, 3.05) is 26.2 Å². The van der Waals surface area contributed by atoms with Gasteiger partial charge in [-0.05, 0) is 32.9 Å². The molecule has 0 N–H and O–H groups in total. The first-order valence-electron chi connectivity index (χ1n) is 7.79. The molecule has 1 aromatic carbocycles. The van der Waals surface area contributed by atoms with Gasteiger partial charge in [-0.15, -0.1) is 0 Å². The van der Waals surface area contributed by atoms with Crippen LogP contribution in [0.3, 0.4) is 0 Å². The van der Waals surface area contributed by atoms with E-state index in [-0.39, 0.29) is 4.92 Å². The molecule has 1 aliphatic rings. The lowest BCUT2D eigenvalue weighted by Gasteiger charge is -2.36. The van der Waals surface area contributed by atoms with E-state index in [0.29, 0.717) is 36.8 Å². The van der Waals surface area contributed by atoms with Gasteiger partial charge in [0.05, 0.1) is 10.6 Å². The van der Waals surface area contributed by atoms with Crippen LogP contribution in [-0.4, -0.2) is 52.6 Å². The number of nitrogens with zero attached hydrogens (tertiary/aromatic N) is 3. The van der Waals surface area contributed by atoms with Crippen LogP contribution in [0.15, 0.2) is 24.3 Å². The third-order valence-electron chi connectivity index (χ3n) is 3.69. The van der Waals surface area contributed by atoms with E-state index in [0.717, 1.165) is 0 Å². The van der Waals surface area contributed by atoms with Crippen molar-refractivity contribution in [3.05, 3.63) is 45.0 Å². The van der Waals surface area contributed by atoms with Gasteiger partial charge in [0.25, 0.3) is 6.17 Å². The van der Waals surface area contributed by atoms with E-state index in [1.165, 1.54) is 0 Å². The van der Waals surface area contributed by atoms with Gasteiger partial charge in [-0.25, -0.2) is 9.69 Å². The highest BCUT2D eigenvalue weighted by molar-refractivity contribution is 6.31. The van der Waals surface area contributed by atoms with E-state index in [2.05, 4.69) is 0 Å². The van der Waals surface area contributed by atoms with Crippen molar-refractivity contribution < 1.29 is 14.5 Å². The fourth-order valence-electron chi connectivity index (χ4n) is 2.60. The van der Waals surface area contributed by atoms with Crippen molar-refractivity contribution in [1.29, 1.82) is 0 Å². The summed E-state index contributed by atoms with van der Waals surface area (Å²) in [6, 6.07) is 6.78. The molecule has 132 valence electrons. The molecule has 0 radical (unpaired) electrons. The molecule has 2 rings (SSSR count). The molecule has 0 saturated carbocycles. The van der Waals surface area contributed by atoms with Crippen molar-refractivity contribution in [2.45, 2.75) is 32.5 Å². The Morgan fingerprint density at radius 1 is 1.25 bits per heavy atom. The van der Waals surface area contributed by atoms with Crippen LogP contribution in [0.25, 0.3) is 0 Å². The quantitative estimate of drug-likeness (QED) is 0.615. The van der Waals surface area contributed by atoms with Crippen molar-refractivity contribution in [2.24, 2.45) is 0 Å². The van der Waals surface area contributed by atoms with Crippen LogP contribution in [0.5, 0.6) is 0 Å². The summed E-state index contributed by atoms with van der Waals surface area (Å²) in [5.74, 6) is 0. The molecule has 0 aromatic heterocycles. The highest BCUT2D eigenvalue weighted by Gasteiger charge is 2.36. The second-order valence-electron chi connectivity index (χ2n) is 6.68. The minimum absolute atomic E-state index is 0.343. The number of hydrogen-bond acceptors (Lipinski definition) is 5. The fraction of sp³-hybridized carbons (Fsp3) is 0.562. The van der Waals surface area contributed by atoms with Crippen molar-refractivity contribution in [1.82, 2.24) is 9.80 Å². The zero-order valence-corrected chi connectivity index (χ0v) is 14.8. The lowest BCUT2D eigenvalue weighted by molar-refractivity contribution is -0.558. The molecule has 1 saturated heterocycles. The Morgan fingerprint density at radius 2 is 1.83 bits per heavy atom. The molecular formula is C16H22ClN3O4. The Hall–Kier alpha value is -1.86. The molecule has 1 unspecified atom stereocenters. The van der Waals surface area contributed by atoms with E-state index in [1.807, 2.05) is 0 Å². The second kappa shape index (κ2) is 7.36. The fourth-order valence-corrected chi connectivity index (χ4v) is 2.84. The molecule has 1 atom stereocenters. The van der Waals surface area contributed by atoms with E-state index < -0.39 is 17.9 Å². The maximum atomic E-state index is 12.1. The predicted molar refractivity (Wildman–Crippen MR) is 90.6 cm³/mol. The average molecular weight is 356 g/mol. The SMILES string of the molecule is CC(C)(C)OC(=O)N1CCN(C(c2ccccc2Cl)[N+](=O)[O-])CC1. The molecule has 0 aliphatic carbocycles. The lowest BCUT2D eigenvalue weighted by Crippen LogP contribution is -2.52. The van der Waals surface area contributed by atoms with Gasteiger partial charge in [0.15, 0.2) is 0 Å². The van der Waals surface area contributed by atoms with Gasteiger partial charge >= 0.3 is 6.09 Å². The summed E-state index contributed by atoms with van der Waals surface area (Å²) >= 11 is 6.12. The molecular weight excluding hydrogens is 334 g/mol. The van der Waals surface area contributed by atoms with E-state index in [4.69, 9.17) is 16.3 Å². The van der Waals surface area contributed by atoms with E-state index in [9.17, 15) is 14.9 Å². The van der Waals surface area contributed by atoms with Gasteiger partial charge in [0.1, 0.15) is 5.60 Å². The number of carbonyl (C=O) groups is 1. The van der Waals surface area contributed by atoms with Gasteiger partial charge in [0.2, 0.25) is 0 Å². The van der Waals surface area contributed by atoms with Gasteiger partial charge < -0.3 is 9.64 Å². The van der Waals surface area contributed by atoms with Crippen LogP contribution in [0, 0.1) is 10.1 Å². The predicted octanol–water partition coefficient (Wildman–Crippen LogP) is 3.17. The zero-order chi connectivity index (χ0) is 17.9. The summed E-state index contributed by atoms with van der Waals surface area (Å²) in [6.07, 6.45) is -1.41. The number of halogens is 1. The van der Waals surface area contributed by atoms with E-state index >= 15 is 0 Å². The average Bonchev–Trinajstić information content (AvgIpc) is 2.48. The summed E-state index contributed by atoms with van der Waals surface area (Å²) in [5, 5.41) is 11.9. The molecule has 1 aromatic rings. The maximum absolute atomic E-state index is 12.1. The Kier molecular flexibility index (Phi) is 5.66. The van der Waals surface area contributed by atoms with Crippen molar-refractivity contribution in [3.63, 3.8) is 0 Å². The number of benzene rings is 1. The summed E-state index contributed by atoms with van der Waals surface area (Å²) < 4.78 is 5.34. The third kappa shape index (κ3) is 4.58. The lowest BCUT2D eigenvalue weighted by atomic mass is 10.1. The van der Waals surface area contributed by atoms with Crippen molar-refractivity contribution >= 4 is 17.7 Å². The maximum Gasteiger partial charge on any atom is 0.410 e. The Bertz CT molecular complexity index is 610. The number of hydrogen-bond donors (Lipinski definition) is 0. The summed E-state index contributed by atoms with van der Waals surface area (Å²) in [4.78, 5) is 26.6. The van der Waals surface area contributed by atoms with Gasteiger partial charge in [-0.1, -0.05) is 23.7 Å². The van der Waals surface area contributed by atoms with Gasteiger partial charge in [-0.2, -0.15) is 0 Å². The first-order chi connectivity index (χ1) is 11.2. The number of rotatable bonds is 3. The van der Waals surface area contributed by atoms with Gasteiger partial charge in [-0.3, -0.25) is 10.1 Å². The second-order valence-corrected chi connectivity index (χ2v) is 7.09. The Balaban J connectivity index is 2.05. The number of amides is 1. The molecule has 8 heteroatoms. The highest BCUT2D eigenvalue weighted by atomic mass is 35.5. The minimum Gasteiger partial charge on any atom is -0.444 e. The summed E-state index contributed by atoms with van der Waals surface area (Å²) in [6.45, 7) is 6.95. The molecule has 1 heterocycles.